The van der Waals surface area contributed by atoms with Crippen molar-refractivity contribution in [2.75, 3.05) is 18.5 Å². The van der Waals surface area contributed by atoms with Gasteiger partial charge in [0.05, 0.1) is 11.8 Å². The molecule has 0 saturated carbocycles. The number of benzene rings is 2. The van der Waals surface area contributed by atoms with Gasteiger partial charge in [0.25, 0.3) is 5.91 Å². The van der Waals surface area contributed by atoms with Crippen LogP contribution in [0.5, 0.6) is 5.75 Å². The zero-order valence-electron chi connectivity index (χ0n) is 16.4. The minimum absolute atomic E-state index is 0.176. The van der Waals surface area contributed by atoms with E-state index < -0.39 is 0 Å². The molecule has 5 nitrogen and oxygen atoms in total. The molecule has 4 rings (SSSR count). The monoisotopic (exact) mass is 408 g/mol. The summed E-state index contributed by atoms with van der Waals surface area (Å²) >= 11 is 1.42. The summed E-state index contributed by atoms with van der Waals surface area (Å²) in [4.78, 5) is 17.1. The average molecular weight is 409 g/mol. The Labute approximate surface area is 174 Å². The fourth-order valence-corrected chi connectivity index (χ4v) is 3.93. The lowest BCUT2D eigenvalue weighted by Gasteiger charge is -2.11. The zero-order chi connectivity index (χ0) is 20.1. The number of carbonyl (C=O) groups excluding carboxylic acids is 1. The highest BCUT2D eigenvalue weighted by Crippen LogP contribution is 2.26. The highest BCUT2D eigenvalue weighted by atomic mass is 32.1. The first-order chi connectivity index (χ1) is 14.2. The predicted molar refractivity (Wildman–Crippen MR) is 116 cm³/mol. The van der Waals surface area contributed by atoms with Gasteiger partial charge in [0.2, 0.25) is 0 Å². The summed E-state index contributed by atoms with van der Waals surface area (Å²) in [6, 6.07) is 15.5. The Hall–Kier alpha value is -2.70. The van der Waals surface area contributed by atoms with E-state index in [1.54, 1.807) is 12.1 Å². The van der Waals surface area contributed by atoms with Crippen LogP contribution in [0.2, 0.25) is 0 Å². The number of thiazole rings is 1. The third kappa shape index (κ3) is 5.02. The van der Waals surface area contributed by atoms with Crippen LogP contribution >= 0.6 is 11.3 Å². The summed E-state index contributed by atoms with van der Waals surface area (Å²) < 4.78 is 11.3. The van der Waals surface area contributed by atoms with Gasteiger partial charge in [0.1, 0.15) is 12.4 Å². The number of amides is 1. The second-order valence-electron chi connectivity index (χ2n) is 7.01. The quantitative estimate of drug-likeness (QED) is 0.585. The van der Waals surface area contributed by atoms with Crippen molar-refractivity contribution in [3.63, 3.8) is 0 Å². The van der Waals surface area contributed by atoms with Crippen molar-refractivity contribution in [3.8, 4) is 17.0 Å². The number of nitrogens with zero attached hydrogens (tertiary/aromatic N) is 1. The lowest BCUT2D eigenvalue weighted by Crippen LogP contribution is -2.16. The Bertz CT molecular complexity index is 945. The van der Waals surface area contributed by atoms with Gasteiger partial charge >= 0.3 is 0 Å². The molecular formula is C23H24N2O3S. The lowest BCUT2D eigenvalue weighted by molar-refractivity contribution is 0.0679. The molecule has 1 amide bonds. The number of nitrogens with one attached hydrogen (secondary N) is 1. The van der Waals surface area contributed by atoms with Crippen molar-refractivity contribution in [2.24, 2.45) is 0 Å². The Balaban J connectivity index is 1.34. The average Bonchev–Trinajstić information content (AvgIpc) is 3.45. The molecular weight excluding hydrogens is 384 g/mol. The summed E-state index contributed by atoms with van der Waals surface area (Å²) in [6.45, 7) is 3.50. The number of rotatable bonds is 7. The molecule has 1 N–H and O–H groups in total. The van der Waals surface area contributed by atoms with Crippen LogP contribution in [0.15, 0.2) is 53.9 Å². The Morgan fingerprint density at radius 1 is 1.21 bits per heavy atom. The third-order valence-corrected chi connectivity index (χ3v) is 5.72. The van der Waals surface area contributed by atoms with Gasteiger partial charge < -0.3 is 9.47 Å². The maximum absolute atomic E-state index is 12.5. The molecule has 0 spiro atoms. The highest BCUT2D eigenvalue weighted by Gasteiger charge is 2.16. The summed E-state index contributed by atoms with van der Waals surface area (Å²) in [5.74, 6) is 0.557. The van der Waals surface area contributed by atoms with Crippen LogP contribution in [-0.2, 0) is 11.2 Å². The van der Waals surface area contributed by atoms with E-state index in [9.17, 15) is 4.79 Å². The van der Waals surface area contributed by atoms with Crippen LogP contribution in [0.3, 0.4) is 0 Å². The molecule has 0 bridgehead atoms. The normalized spacial score (nSPS) is 16.0. The van der Waals surface area contributed by atoms with Gasteiger partial charge in [0.15, 0.2) is 5.13 Å². The molecule has 1 saturated heterocycles. The van der Waals surface area contributed by atoms with Crippen molar-refractivity contribution >= 4 is 22.4 Å². The van der Waals surface area contributed by atoms with Gasteiger partial charge in [-0.25, -0.2) is 4.98 Å². The van der Waals surface area contributed by atoms with Crippen LogP contribution in [0.4, 0.5) is 5.13 Å². The molecule has 1 aromatic heterocycles. The van der Waals surface area contributed by atoms with E-state index >= 15 is 0 Å². The predicted octanol–water partition coefficient (Wildman–Crippen LogP) is 5.18. The number of anilines is 1. The summed E-state index contributed by atoms with van der Waals surface area (Å²) in [7, 11) is 0. The van der Waals surface area contributed by atoms with Gasteiger partial charge in [-0.3, -0.25) is 10.1 Å². The van der Waals surface area contributed by atoms with Crippen molar-refractivity contribution in [2.45, 2.75) is 32.3 Å². The number of hydrogen-bond donors (Lipinski definition) is 1. The van der Waals surface area contributed by atoms with E-state index in [0.717, 1.165) is 42.9 Å². The van der Waals surface area contributed by atoms with E-state index in [4.69, 9.17) is 9.47 Å². The molecule has 1 aliphatic rings. The minimum Gasteiger partial charge on any atom is -0.491 e. The molecule has 150 valence electrons. The molecule has 3 aromatic rings. The molecule has 0 aliphatic carbocycles. The smallest absolute Gasteiger partial charge is 0.257 e. The topological polar surface area (TPSA) is 60.5 Å². The van der Waals surface area contributed by atoms with Gasteiger partial charge in [0, 0.05) is 23.1 Å². The van der Waals surface area contributed by atoms with Crippen molar-refractivity contribution < 1.29 is 14.3 Å². The van der Waals surface area contributed by atoms with Gasteiger partial charge in [-0.05, 0) is 49.1 Å². The molecule has 1 atom stereocenters. The molecule has 6 heteroatoms. The Kier molecular flexibility index (Phi) is 6.22. The van der Waals surface area contributed by atoms with Crippen LogP contribution in [0.1, 0.15) is 35.7 Å². The lowest BCUT2D eigenvalue weighted by atomic mass is 10.1. The van der Waals surface area contributed by atoms with Gasteiger partial charge in [-0.1, -0.05) is 31.2 Å². The second kappa shape index (κ2) is 9.20. The largest absolute Gasteiger partial charge is 0.491 e. The second-order valence-corrected chi connectivity index (χ2v) is 7.87. The fraction of sp³-hybridized carbons (Fsp3) is 0.304. The minimum atomic E-state index is -0.182. The van der Waals surface area contributed by atoms with Crippen molar-refractivity contribution in [1.82, 2.24) is 4.98 Å². The number of aryl methyl sites for hydroxylation is 1. The maximum atomic E-state index is 12.5. The summed E-state index contributed by atoms with van der Waals surface area (Å²) in [5.41, 5.74) is 3.77. The number of ether oxygens (including phenoxy) is 2. The molecule has 0 radical (unpaired) electrons. The van der Waals surface area contributed by atoms with Gasteiger partial charge in [-0.2, -0.15) is 0 Å². The summed E-state index contributed by atoms with van der Waals surface area (Å²) in [6.07, 6.45) is 3.32. The van der Waals surface area contributed by atoms with E-state index in [2.05, 4.69) is 41.5 Å². The Morgan fingerprint density at radius 3 is 2.69 bits per heavy atom. The first-order valence-corrected chi connectivity index (χ1v) is 10.8. The molecule has 0 unspecified atom stereocenters. The molecule has 2 aromatic carbocycles. The van der Waals surface area contributed by atoms with Crippen LogP contribution in [-0.4, -0.2) is 30.2 Å². The first-order valence-electron chi connectivity index (χ1n) is 9.92. The SMILES string of the molecule is CCc1ccc(-c2csc(NC(=O)c3ccc(OC[C@H]4CCCO4)cc3)n2)cc1. The summed E-state index contributed by atoms with van der Waals surface area (Å²) in [5, 5.41) is 5.42. The molecule has 1 fully saturated rings. The maximum Gasteiger partial charge on any atom is 0.257 e. The molecule has 1 aliphatic heterocycles. The van der Waals surface area contributed by atoms with E-state index in [1.165, 1.54) is 16.9 Å². The van der Waals surface area contributed by atoms with E-state index in [-0.39, 0.29) is 12.0 Å². The standard InChI is InChI=1S/C23H24N2O3S/c1-2-16-5-7-17(8-6-16)21-15-29-23(24-21)25-22(26)18-9-11-19(12-10-18)28-14-20-4-3-13-27-20/h5-12,15,20H,2-4,13-14H2,1H3,(H,24,25,26)/t20-/m1/s1. The van der Waals surface area contributed by atoms with E-state index in [0.29, 0.717) is 17.3 Å². The highest BCUT2D eigenvalue weighted by molar-refractivity contribution is 7.14. The number of carbonyl (C=O) groups is 1. The number of aromatic nitrogens is 1. The van der Waals surface area contributed by atoms with Crippen LogP contribution in [0.25, 0.3) is 11.3 Å². The van der Waals surface area contributed by atoms with Gasteiger partial charge in [-0.15, -0.1) is 11.3 Å². The van der Waals surface area contributed by atoms with Crippen LogP contribution < -0.4 is 10.1 Å². The van der Waals surface area contributed by atoms with Crippen molar-refractivity contribution in [1.29, 1.82) is 0 Å². The Morgan fingerprint density at radius 2 is 2.00 bits per heavy atom. The molecule has 29 heavy (non-hydrogen) atoms. The van der Waals surface area contributed by atoms with Crippen molar-refractivity contribution in [3.05, 3.63) is 65.0 Å². The fourth-order valence-electron chi connectivity index (χ4n) is 3.21. The van der Waals surface area contributed by atoms with Crippen LogP contribution in [0, 0.1) is 0 Å². The first kappa shape index (κ1) is 19.6. The third-order valence-electron chi connectivity index (χ3n) is 4.96. The zero-order valence-corrected chi connectivity index (χ0v) is 17.2. The van der Waals surface area contributed by atoms with E-state index in [1.807, 2.05) is 17.5 Å². The number of hydrogen-bond acceptors (Lipinski definition) is 5. The molecule has 2 heterocycles.